The van der Waals surface area contributed by atoms with Crippen LogP contribution in [0.4, 0.5) is 0 Å². The summed E-state index contributed by atoms with van der Waals surface area (Å²) in [5.74, 6) is -1.14. The number of halogens is 1. The molecule has 0 spiro atoms. The van der Waals surface area contributed by atoms with Crippen LogP contribution in [0.3, 0.4) is 0 Å². The lowest BCUT2D eigenvalue weighted by atomic mass is 9.95. The molecule has 8 nitrogen and oxygen atoms in total. The molecule has 3 aromatic heterocycles. The van der Waals surface area contributed by atoms with Crippen molar-refractivity contribution in [2.24, 2.45) is 0 Å². The van der Waals surface area contributed by atoms with Crippen molar-refractivity contribution in [1.29, 1.82) is 0 Å². The number of aliphatic hydroxyl groups excluding tert-OH is 1. The second-order valence-electron chi connectivity index (χ2n) is 7.42. The van der Waals surface area contributed by atoms with Crippen molar-refractivity contribution in [2.75, 3.05) is 7.11 Å². The fraction of sp³-hybridized carbons (Fsp3) is 0.125. The molecule has 0 saturated heterocycles. The molecule has 0 aliphatic carbocycles. The van der Waals surface area contributed by atoms with Crippen molar-refractivity contribution in [3.63, 3.8) is 0 Å². The van der Waals surface area contributed by atoms with Gasteiger partial charge in [0.05, 0.1) is 31.5 Å². The molecule has 9 heteroatoms. The van der Waals surface area contributed by atoms with Gasteiger partial charge < -0.3 is 23.6 Å². The number of amides is 1. The van der Waals surface area contributed by atoms with E-state index in [0.717, 1.165) is 0 Å². The van der Waals surface area contributed by atoms with E-state index in [1.54, 1.807) is 48.8 Å². The van der Waals surface area contributed by atoms with E-state index in [4.69, 9.17) is 25.2 Å². The van der Waals surface area contributed by atoms with Crippen LogP contribution in [-0.4, -0.2) is 33.8 Å². The molecule has 4 heterocycles. The van der Waals surface area contributed by atoms with E-state index in [9.17, 15) is 14.7 Å². The summed E-state index contributed by atoms with van der Waals surface area (Å²) in [6, 6.07) is 10.6. The summed E-state index contributed by atoms with van der Waals surface area (Å²) in [6.45, 7) is 0.0588. The molecule has 0 radical (unpaired) electrons. The first-order valence-corrected chi connectivity index (χ1v) is 10.3. The second-order valence-corrected chi connectivity index (χ2v) is 7.86. The number of hydrogen-bond acceptors (Lipinski definition) is 7. The highest BCUT2D eigenvalue weighted by molar-refractivity contribution is 6.31. The second kappa shape index (κ2) is 8.14. The number of Topliss-reactive ketones (excluding diaryl/α,β-unsaturated/α-hetero) is 1. The highest BCUT2D eigenvalue weighted by Crippen LogP contribution is 2.41. The SMILES string of the molecule is COc1cc(Cl)cc2cc(C(=O)C3=C(O)C(=O)N(Cc4ccco4)C3c3ccncc3)oc12. The third-order valence-electron chi connectivity index (χ3n) is 5.47. The topological polar surface area (TPSA) is 106 Å². The fourth-order valence-electron chi connectivity index (χ4n) is 3.99. The molecule has 1 atom stereocenters. The number of rotatable bonds is 6. The molecule has 0 fully saturated rings. The maximum atomic E-state index is 13.6. The minimum Gasteiger partial charge on any atom is -0.503 e. The number of pyridine rings is 1. The summed E-state index contributed by atoms with van der Waals surface area (Å²) >= 11 is 6.13. The minimum absolute atomic E-state index is 0.0566. The molecule has 33 heavy (non-hydrogen) atoms. The Morgan fingerprint density at radius 3 is 2.73 bits per heavy atom. The van der Waals surface area contributed by atoms with E-state index in [1.807, 2.05) is 0 Å². The van der Waals surface area contributed by atoms with Gasteiger partial charge in [-0.1, -0.05) is 11.6 Å². The van der Waals surface area contributed by atoms with Crippen LogP contribution in [0.2, 0.25) is 5.02 Å². The summed E-state index contributed by atoms with van der Waals surface area (Å²) in [5, 5.41) is 11.7. The molecule has 5 rings (SSSR count). The number of aliphatic hydroxyl groups is 1. The molecule has 1 aromatic carbocycles. The Balaban J connectivity index is 1.61. The van der Waals surface area contributed by atoms with Crippen LogP contribution >= 0.6 is 11.6 Å². The van der Waals surface area contributed by atoms with Crippen molar-refractivity contribution in [3.05, 3.63) is 94.6 Å². The summed E-state index contributed by atoms with van der Waals surface area (Å²) < 4.78 is 16.5. The Hall–Kier alpha value is -4.04. The van der Waals surface area contributed by atoms with Gasteiger partial charge in [0, 0.05) is 28.9 Å². The predicted octanol–water partition coefficient (Wildman–Crippen LogP) is 4.86. The summed E-state index contributed by atoms with van der Waals surface area (Å²) in [7, 11) is 1.46. The fourth-order valence-corrected chi connectivity index (χ4v) is 4.21. The summed E-state index contributed by atoms with van der Waals surface area (Å²) in [5.41, 5.74) is 0.846. The monoisotopic (exact) mass is 464 g/mol. The Bertz CT molecular complexity index is 1390. The first-order chi connectivity index (χ1) is 16.0. The van der Waals surface area contributed by atoms with Gasteiger partial charge in [-0.3, -0.25) is 14.6 Å². The summed E-state index contributed by atoms with van der Waals surface area (Å²) in [6.07, 6.45) is 4.59. The molecule has 0 bridgehead atoms. The Morgan fingerprint density at radius 1 is 1.24 bits per heavy atom. The molecule has 0 saturated carbocycles. The van der Waals surface area contributed by atoms with Crippen LogP contribution in [0, 0.1) is 0 Å². The number of nitrogens with zero attached hydrogens (tertiary/aromatic N) is 2. The van der Waals surface area contributed by atoms with E-state index in [1.165, 1.54) is 24.3 Å². The molecule has 1 aliphatic rings. The molecular weight excluding hydrogens is 448 g/mol. The van der Waals surface area contributed by atoms with Crippen LogP contribution < -0.4 is 4.74 Å². The Kier molecular flexibility index (Phi) is 5.14. The van der Waals surface area contributed by atoms with Gasteiger partial charge in [0.2, 0.25) is 5.78 Å². The van der Waals surface area contributed by atoms with Crippen molar-refractivity contribution in [3.8, 4) is 5.75 Å². The number of carbonyl (C=O) groups excluding carboxylic acids is 2. The quantitative estimate of drug-likeness (QED) is 0.406. The molecular formula is C24H17ClN2O6. The van der Waals surface area contributed by atoms with Gasteiger partial charge in [0.25, 0.3) is 5.91 Å². The normalized spacial score (nSPS) is 16.1. The van der Waals surface area contributed by atoms with Crippen LogP contribution in [0.5, 0.6) is 5.75 Å². The molecule has 1 unspecified atom stereocenters. The van der Waals surface area contributed by atoms with Crippen molar-refractivity contribution < 1.29 is 28.3 Å². The third kappa shape index (κ3) is 3.54. The number of aromatic nitrogens is 1. The lowest BCUT2D eigenvalue weighted by Crippen LogP contribution is -2.30. The number of hydrogen-bond donors (Lipinski definition) is 1. The number of furan rings is 2. The molecule has 4 aromatic rings. The third-order valence-corrected chi connectivity index (χ3v) is 5.69. The first kappa shape index (κ1) is 20.8. The average Bonchev–Trinajstić information content (AvgIpc) is 3.54. The van der Waals surface area contributed by atoms with Gasteiger partial charge in [-0.15, -0.1) is 0 Å². The van der Waals surface area contributed by atoms with Gasteiger partial charge in [-0.05, 0) is 42.0 Å². The van der Waals surface area contributed by atoms with Crippen molar-refractivity contribution in [2.45, 2.75) is 12.6 Å². The molecule has 166 valence electrons. The average molecular weight is 465 g/mol. The largest absolute Gasteiger partial charge is 0.503 e. The number of fused-ring (bicyclic) bond motifs is 1. The standard InChI is InChI=1S/C24H17ClN2O6/c1-31-18-11-15(25)9-14-10-17(33-23(14)18)21(28)19-20(13-4-6-26-7-5-13)27(24(30)22(19)29)12-16-3-2-8-32-16/h2-11,20,29H,12H2,1H3. The Morgan fingerprint density at radius 2 is 2.03 bits per heavy atom. The zero-order valence-corrected chi connectivity index (χ0v) is 18.1. The highest BCUT2D eigenvalue weighted by atomic mass is 35.5. The van der Waals surface area contributed by atoms with E-state index < -0.39 is 23.5 Å². The van der Waals surface area contributed by atoms with Crippen molar-refractivity contribution >= 4 is 34.3 Å². The van der Waals surface area contributed by atoms with Gasteiger partial charge in [-0.2, -0.15) is 0 Å². The van der Waals surface area contributed by atoms with Gasteiger partial charge >= 0.3 is 0 Å². The highest BCUT2D eigenvalue weighted by Gasteiger charge is 2.45. The van der Waals surface area contributed by atoms with E-state index in [2.05, 4.69) is 4.98 Å². The lowest BCUT2D eigenvalue weighted by Gasteiger charge is -2.25. The van der Waals surface area contributed by atoms with Crippen molar-refractivity contribution in [1.82, 2.24) is 9.88 Å². The number of carbonyl (C=O) groups is 2. The molecule has 1 aliphatic heterocycles. The van der Waals surface area contributed by atoms with E-state index in [0.29, 0.717) is 33.1 Å². The zero-order valence-electron chi connectivity index (χ0n) is 17.3. The van der Waals surface area contributed by atoms with E-state index >= 15 is 0 Å². The number of benzene rings is 1. The maximum absolute atomic E-state index is 13.6. The summed E-state index contributed by atoms with van der Waals surface area (Å²) in [4.78, 5) is 32.0. The smallest absolute Gasteiger partial charge is 0.290 e. The maximum Gasteiger partial charge on any atom is 0.290 e. The van der Waals surface area contributed by atoms with Gasteiger partial charge in [0.1, 0.15) is 5.76 Å². The van der Waals surface area contributed by atoms with Gasteiger partial charge in [-0.25, -0.2) is 0 Å². The van der Waals surface area contributed by atoms with Gasteiger partial charge in [0.15, 0.2) is 22.9 Å². The number of methoxy groups -OCH3 is 1. The van der Waals surface area contributed by atoms with Crippen LogP contribution in [0.25, 0.3) is 11.0 Å². The number of ether oxygens (including phenoxy) is 1. The number of ketones is 1. The van der Waals surface area contributed by atoms with E-state index in [-0.39, 0.29) is 17.9 Å². The van der Waals surface area contributed by atoms with Crippen LogP contribution in [0.15, 0.2) is 81.3 Å². The molecule has 1 amide bonds. The minimum atomic E-state index is -0.864. The van der Waals surface area contributed by atoms with Crippen LogP contribution in [0.1, 0.15) is 27.9 Å². The molecule has 1 N–H and O–H groups in total. The van der Waals surface area contributed by atoms with Crippen LogP contribution in [-0.2, 0) is 11.3 Å². The lowest BCUT2D eigenvalue weighted by molar-refractivity contribution is -0.130. The zero-order chi connectivity index (χ0) is 23.1. The predicted molar refractivity (Wildman–Crippen MR) is 118 cm³/mol. The Labute approximate surface area is 192 Å². The first-order valence-electron chi connectivity index (χ1n) is 9.96.